The quantitative estimate of drug-likeness (QED) is 0.325. The number of hydrogen-bond acceptors (Lipinski definition) is 10. The summed E-state index contributed by atoms with van der Waals surface area (Å²) in [6.45, 7) is 4.89. The average Bonchev–Trinajstić information content (AvgIpc) is 4.03. The third-order valence-electron chi connectivity index (χ3n) is 12.0. The van der Waals surface area contributed by atoms with Crippen molar-refractivity contribution >= 4 is 44.7 Å². The van der Waals surface area contributed by atoms with E-state index in [9.17, 15) is 32.0 Å². The lowest BCUT2D eigenvalue weighted by molar-refractivity contribution is -0.141. The molecule has 7 rings (SSSR count). The summed E-state index contributed by atoms with van der Waals surface area (Å²) in [5.74, 6) is -2.16. The molecule has 1 saturated heterocycles. The van der Waals surface area contributed by atoms with Gasteiger partial charge in [-0.2, -0.15) is 0 Å². The van der Waals surface area contributed by atoms with Crippen LogP contribution in [0.15, 0.2) is 30.4 Å². The molecule has 3 N–H and O–H groups in total. The molecular weight excluding hydrogens is 765 g/mol. The van der Waals surface area contributed by atoms with Gasteiger partial charge in [0.2, 0.25) is 21.8 Å². The Morgan fingerprint density at radius 1 is 1.14 bits per heavy atom. The fourth-order valence-corrected chi connectivity index (χ4v) is 9.57. The fourth-order valence-electron chi connectivity index (χ4n) is 8.26. The van der Waals surface area contributed by atoms with Crippen LogP contribution in [-0.2, 0) is 29.1 Å². The third kappa shape index (κ3) is 8.00. The molecule has 4 heterocycles. The number of methoxy groups -OCH3 is 1. The number of fused-ring (bicyclic) bond motifs is 5. The van der Waals surface area contributed by atoms with E-state index in [0.717, 1.165) is 0 Å². The van der Waals surface area contributed by atoms with Crippen LogP contribution in [0.2, 0.25) is 0 Å². The zero-order chi connectivity index (χ0) is 41.1. The van der Waals surface area contributed by atoms with Crippen molar-refractivity contribution in [3.05, 3.63) is 41.6 Å². The Morgan fingerprint density at radius 3 is 2.60 bits per heavy atom. The van der Waals surface area contributed by atoms with E-state index in [4.69, 9.17) is 14.2 Å². The van der Waals surface area contributed by atoms with Crippen molar-refractivity contribution in [3.63, 3.8) is 0 Å². The van der Waals surface area contributed by atoms with Crippen LogP contribution in [0, 0.1) is 12.8 Å². The first-order chi connectivity index (χ1) is 26.8. The van der Waals surface area contributed by atoms with E-state index < -0.39 is 86.2 Å². The molecule has 17 heteroatoms. The highest BCUT2D eigenvalue weighted by Gasteiger charge is 2.64. The molecule has 1 aromatic heterocycles. The van der Waals surface area contributed by atoms with Gasteiger partial charge in [-0.1, -0.05) is 25.0 Å². The lowest BCUT2D eigenvalue weighted by Gasteiger charge is -2.38. The van der Waals surface area contributed by atoms with Gasteiger partial charge >= 0.3 is 6.09 Å². The number of aromatic nitrogens is 1. The van der Waals surface area contributed by atoms with Gasteiger partial charge in [0.05, 0.1) is 29.6 Å². The van der Waals surface area contributed by atoms with E-state index in [1.807, 2.05) is 6.08 Å². The average molecular weight is 816 g/mol. The molecule has 14 nitrogen and oxygen atoms in total. The SMILES string of the molecule is COc1ccc2nc(C)c3c(c2c1)C(F)CC1(CC2C(=O)NC4(C(=O)NS(=O)(=O)C5(C)CC5)CC4C=CCCCCCC(NC(=O)OCC(C)(C)F)C(=O)N2C1)O3. The number of pyridine rings is 1. The van der Waals surface area contributed by atoms with Gasteiger partial charge in [-0.25, -0.2) is 27.0 Å². The summed E-state index contributed by atoms with van der Waals surface area (Å²) in [7, 11) is -2.56. The van der Waals surface area contributed by atoms with Crippen LogP contribution in [0.5, 0.6) is 11.5 Å². The highest BCUT2D eigenvalue weighted by atomic mass is 32.2. The Labute approximate surface area is 330 Å². The Morgan fingerprint density at radius 2 is 1.89 bits per heavy atom. The molecular formula is C40H51F2N5O9S. The standard InChI is InChI=1S/C40H51F2N5O9S/c1-23-32-31(26-17-25(54-5)13-14-28(26)43-23)27(41)19-39(56-32)20-30-33(48)45-40(35(50)46-57(52,53)38(4)15-16-38)18-24(40)11-9-7-6-8-10-12-29(34(49)47(30)21-39)44-36(51)55-22-37(2,3)42/h9,11,13-14,17,24,27,29-30H,6-8,10,12,15-16,18-22H2,1-5H3,(H,44,51)(H,45,48)(H,46,50). The second kappa shape index (κ2) is 14.7. The van der Waals surface area contributed by atoms with Crippen LogP contribution in [-0.4, -0.2) is 96.0 Å². The number of alkyl carbamates (subject to hydrolysis) is 1. The maximum Gasteiger partial charge on any atom is 0.407 e. The predicted octanol–water partition coefficient (Wildman–Crippen LogP) is 4.92. The van der Waals surface area contributed by atoms with Gasteiger partial charge in [0.1, 0.15) is 53.2 Å². The number of hydrogen-bond donors (Lipinski definition) is 3. The number of carbonyl (C=O) groups is 4. The molecule has 3 fully saturated rings. The first-order valence-corrected chi connectivity index (χ1v) is 21.1. The molecule has 1 spiro atoms. The Kier molecular flexibility index (Phi) is 10.5. The Bertz CT molecular complexity index is 2120. The van der Waals surface area contributed by atoms with Crippen LogP contribution in [0.25, 0.3) is 10.9 Å². The molecule has 4 amide bonds. The lowest BCUT2D eigenvalue weighted by atomic mass is 9.86. The zero-order valence-electron chi connectivity index (χ0n) is 32.9. The topological polar surface area (TPSA) is 182 Å². The van der Waals surface area contributed by atoms with Gasteiger partial charge in [-0.05, 0) is 84.4 Å². The second-order valence-corrected chi connectivity index (χ2v) is 19.4. The van der Waals surface area contributed by atoms with Crippen LogP contribution in [0.4, 0.5) is 13.6 Å². The molecule has 3 aliphatic heterocycles. The highest BCUT2D eigenvalue weighted by Crippen LogP contribution is 2.52. The maximum atomic E-state index is 16.8. The summed E-state index contributed by atoms with van der Waals surface area (Å²) in [6.07, 6.45) is 4.18. The normalized spacial score (nSPS) is 29.8. The minimum Gasteiger partial charge on any atom is -0.497 e. The lowest BCUT2D eigenvalue weighted by Crippen LogP contribution is -2.58. The highest BCUT2D eigenvalue weighted by molar-refractivity contribution is 7.91. The number of carbonyl (C=O) groups excluding carboxylic acids is 4. The molecule has 6 atom stereocenters. The maximum absolute atomic E-state index is 16.8. The van der Waals surface area contributed by atoms with Gasteiger partial charge in [0.25, 0.3) is 5.91 Å². The molecule has 0 bridgehead atoms. The Hall–Kier alpha value is -4.54. The molecule has 2 aliphatic carbocycles. The summed E-state index contributed by atoms with van der Waals surface area (Å²) in [4.78, 5) is 62.1. The molecule has 0 radical (unpaired) electrons. The van der Waals surface area contributed by atoms with Gasteiger partial charge in [0.15, 0.2) is 0 Å². The van der Waals surface area contributed by atoms with Crippen LogP contribution in [0.1, 0.15) is 102 Å². The van der Waals surface area contributed by atoms with Crippen molar-refractivity contribution in [2.75, 3.05) is 20.3 Å². The number of ether oxygens (including phenoxy) is 3. The molecule has 2 aromatic rings. The van der Waals surface area contributed by atoms with Crippen molar-refractivity contribution in [1.82, 2.24) is 25.2 Å². The summed E-state index contributed by atoms with van der Waals surface area (Å²) < 4.78 is 75.7. The van der Waals surface area contributed by atoms with E-state index in [2.05, 4.69) is 20.3 Å². The second-order valence-electron chi connectivity index (χ2n) is 17.2. The number of nitrogens with one attached hydrogen (secondary N) is 3. The summed E-state index contributed by atoms with van der Waals surface area (Å²) >= 11 is 0. The number of sulfonamides is 1. The smallest absolute Gasteiger partial charge is 0.407 e. The van der Waals surface area contributed by atoms with E-state index in [-0.39, 0.29) is 43.5 Å². The van der Waals surface area contributed by atoms with Crippen LogP contribution < -0.4 is 24.8 Å². The first-order valence-electron chi connectivity index (χ1n) is 19.6. The van der Waals surface area contributed by atoms with Gasteiger partial charge in [-0.3, -0.25) is 19.1 Å². The fraction of sp³-hybridized carbons (Fsp3) is 0.625. The molecule has 310 valence electrons. The monoisotopic (exact) mass is 815 g/mol. The summed E-state index contributed by atoms with van der Waals surface area (Å²) in [5, 5.41) is 5.89. The molecule has 1 aromatic carbocycles. The van der Waals surface area contributed by atoms with Crippen molar-refractivity contribution in [2.24, 2.45) is 5.92 Å². The van der Waals surface area contributed by atoms with Crippen LogP contribution in [0.3, 0.4) is 0 Å². The number of halogens is 2. The molecule has 5 aliphatic rings. The number of allylic oxidation sites excluding steroid dienone is 1. The van der Waals surface area contributed by atoms with Gasteiger partial charge in [0, 0.05) is 29.7 Å². The number of benzene rings is 1. The summed E-state index contributed by atoms with van der Waals surface area (Å²) in [6, 6.07) is 2.59. The number of alkyl halides is 2. The minimum absolute atomic E-state index is 0.123. The van der Waals surface area contributed by atoms with Crippen molar-refractivity contribution in [2.45, 2.75) is 132 Å². The van der Waals surface area contributed by atoms with Crippen molar-refractivity contribution < 1.29 is 50.6 Å². The van der Waals surface area contributed by atoms with Crippen LogP contribution >= 0.6 is 0 Å². The van der Waals surface area contributed by atoms with Gasteiger partial charge in [-0.15, -0.1) is 0 Å². The minimum atomic E-state index is -4.06. The van der Waals surface area contributed by atoms with Gasteiger partial charge < -0.3 is 29.7 Å². The van der Waals surface area contributed by atoms with E-state index in [1.165, 1.54) is 25.9 Å². The van der Waals surface area contributed by atoms with E-state index in [1.54, 1.807) is 38.1 Å². The molecule has 6 unspecified atom stereocenters. The van der Waals surface area contributed by atoms with Crippen molar-refractivity contribution in [3.8, 4) is 11.5 Å². The Balaban J connectivity index is 1.25. The molecule has 57 heavy (non-hydrogen) atoms. The molecule has 2 saturated carbocycles. The van der Waals surface area contributed by atoms with E-state index in [0.29, 0.717) is 60.9 Å². The van der Waals surface area contributed by atoms with E-state index >= 15 is 4.39 Å². The zero-order valence-corrected chi connectivity index (χ0v) is 33.7. The largest absolute Gasteiger partial charge is 0.497 e. The number of rotatable bonds is 7. The number of aryl methyl sites for hydroxylation is 1. The summed E-state index contributed by atoms with van der Waals surface area (Å²) in [5.41, 5.74) is -3.70. The predicted molar refractivity (Wildman–Crippen MR) is 204 cm³/mol. The van der Waals surface area contributed by atoms with Crippen molar-refractivity contribution in [1.29, 1.82) is 0 Å². The third-order valence-corrected chi connectivity index (χ3v) is 14.1. The number of amides is 4. The first kappa shape index (κ1) is 40.6. The number of nitrogens with zero attached hydrogens (tertiary/aromatic N) is 2.